The SMILES string of the molecule is Nc1ccc(Oc2ccc(-c3ccc(-c4ccc(N)cc4)c(-c4ccc(N)cc4)c3-c3ccc(Oc4ccc(N)cc4)cc3)cc2)cc1. The molecule has 48 heavy (non-hydrogen) atoms. The van der Waals surface area contributed by atoms with E-state index >= 15 is 0 Å². The Kier molecular flexibility index (Phi) is 8.12. The summed E-state index contributed by atoms with van der Waals surface area (Å²) in [7, 11) is 0. The highest BCUT2D eigenvalue weighted by atomic mass is 16.5. The second-order valence-corrected chi connectivity index (χ2v) is 11.5. The van der Waals surface area contributed by atoms with E-state index in [9.17, 15) is 0 Å². The molecular weight excluding hydrogens is 592 g/mol. The lowest BCUT2D eigenvalue weighted by Gasteiger charge is -2.21. The van der Waals surface area contributed by atoms with Gasteiger partial charge in [-0.25, -0.2) is 0 Å². The molecule has 7 rings (SSSR count). The number of hydrogen-bond donors (Lipinski definition) is 4. The van der Waals surface area contributed by atoms with Crippen LogP contribution in [-0.4, -0.2) is 0 Å². The van der Waals surface area contributed by atoms with Crippen LogP contribution in [0.1, 0.15) is 0 Å². The van der Waals surface area contributed by atoms with E-state index in [0.717, 1.165) is 61.8 Å². The highest BCUT2D eigenvalue weighted by Gasteiger charge is 2.20. The van der Waals surface area contributed by atoms with Crippen molar-refractivity contribution in [3.05, 3.63) is 158 Å². The summed E-state index contributed by atoms with van der Waals surface area (Å²) in [5.41, 5.74) is 35.2. The molecule has 6 heteroatoms. The van der Waals surface area contributed by atoms with Gasteiger partial charge in [-0.05, 0) is 142 Å². The minimum absolute atomic E-state index is 0.686. The summed E-state index contributed by atoms with van der Waals surface area (Å²) >= 11 is 0. The van der Waals surface area contributed by atoms with E-state index in [2.05, 4.69) is 60.7 Å². The molecule has 8 N–H and O–H groups in total. The van der Waals surface area contributed by atoms with E-state index in [0.29, 0.717) is 28.5 Å². The zero-order valence-electron chi connectivity index (χ0n) is 26.1. The van der Waals surface area contributed by atoms with Gasteiger partial charge in [-0.2, -0.15) is 0 Å². The average Bonchev–Trinajstić information content (AvgIpc) is 3.11. The molecule has 0 atom stereocenters. The maximum atomic E-state index is 6.15. The Morgan fingerprint density at radius 1 is 0.250 bits per heavy atom. The highest BCUT2D eigenvalue weighted by molar-refractivity contribution is 6.01. The Morgan fingerprint density at radius 3 is 0.812 bits per heavy atom. The van der Waals surface area contributed by atoms with Crippen molar-refractivity contribution in [2.24, 2.45) is 0 Å². The lowest BCUT2D eigenvalue weighted by molar-refractivity contribution is 0.482. The van der Waals surface area contributed by atoms with Crippen LogP contribution in [0.5, 0.6) is 23.0 Å². The first-order valence-electron chi connectivity index (χ1n) is 15.6. The maximum absolute atomic E-state index is 6.15. The molecule has 0 aromatic heterocycles. The highest BCUT2D eigenvalue weighted by Crippen LogP contribution is 2.46. The van der Waals surface area contributed by atoms with E-state index in [4.69, 9.17) is 32.4 Å². The average molecular weight is 627 g/mol. The van der Waals surface area contributed by atoms with Crippen LogP contribution in [0.25, 0.3) is 44.5 Å². The van der Waals surface area contributed by atoms with Gasteiger partial charge < -0.3 is 32.4 Å². The van der Waals surface area contributed by atoms with Crippen LogP contribution in [0.3, 0.4) is 0 Å². The standard InChI is InChI=1S/C42H34N4O2/c43-31-9-1-27(2-10-31)39-25-26-40(28-5-17-35(18-6-28)47-37-21-13-33(45)14-22-37)42(41(39)29-3-11-32(44)12-4-29)30-7-19-36(20-8-30)48-38-23-15-34(46)16-24-38/h1-26H,43-46H2. The van der Waals surface area contributed by atoms with Crippen molar-refractivity contribution in [2.45, 2.75) is 0 Å². The molecule has 7 aromatic carbocycles. The van der Waals surface area contributed by atoms with Crippen LogP contribution >= 0.6 is 0 Å². The first-order valence-corrected chi connectivity index (χ1v) is 15.6. The lowest BCUT2D eigenvalue weighted by Crippen LogP contribution is -1.96. The van der Waals surface area contributed by atoms with Gasteiger partial charge in [-0.3, -0.25) is 0 Å². The molecule has 0 spiro atoms. The number of benzene rings is 7. The number of ether oxygens (including phenoxy) is 2. The summed E-state index contributed by atoms with van der Waals surface area (Å²) in [4.78, 5) is 0. The second-order valence-electron chi connectivity index (χ2n) is 11.5. The molecule has 234 valence electrons. The topological polar surface area (TPSA) is 123 Å². The molecule has 0 aliphatic heterocycles. The van der Waals surface area contributed by atoms with E-state index in [1.54, 1.807) is 0 Å². The number of hydrogen-bond acceptors (Lipinski definition) is 6. The van der Waals surface area contributed by atoms with Crippen molar-refractivity contribution < 1.29 is 9.47 Å². The van der Waals surface area contributed by atoms with Crippen molar-refractivity contribution in [3.8, 4) is 67.5 Å². The van der Waals surface area contributed by atoms with E-state index in [1.807, 2.05) is 97.1 Å². The molecule has 0 aliphatic carbocycles. The fraction of sp³-hybridized carbons (Fsp3) is 0. The Labute approximate surface area is 279 Å². The largest absolute Gasteiger partial charge is 0.457 e. The molecule has 0 amide bonds. The predicted molar refractivity (Wildman–Crippen MR) is 199 cm³/mol. The van der Waals surface area contributed by atoms with Gasteiger partial charge in [0.25, 0.3) is 0 Å². The molecule has 0 fully saturated rings. The van der Waals surface area contributed by atoms with E-state index in [1.165, 1.54) is 0 Å². The van der Waals surface area contributed by atoms with E-state index in [-0.39, 0.29) is 0 Å². The maximum Gasteiger partial charge on any atom is 0.127 e. The van der Waals surface area contributed by atoms with Crippen molar-refractivity contribution in [3.63, 3.8) is 0 Å². The van der Waals surface area contributed by atoms with Crippen LogP contribution in [0.2, 0.25) is 0 Å². The minimum atomic E-state index is 0.686. The minimum Gasteiger partial charge on any atom is -0.457 e. The molecule has 0 bridgehead atoms. The summed E-state index contributed by atoms with van der Waals surface area (Å²) in [5.74, 6) is 2.88. The van der Waals surface area contributed by atoms with Crippen LogP contribution in [-0.2, 0) is 0 Å². The molecule has 0 heterocycles. The third kappa shape index (κ3) is 6.50. The van der Waals surface area contributed by atoms with E-state index < -0.39 is 0 Å². The molecule has 7 aromatic rings. The van der Waals surface area contributed by atoms with Gasteiger partial charge in [0.1, 0.15) is 23.0 Å². The molecule has 0 radical (unpaired) electrons. The molecule has 0 unspecified atom stereocenters. The Hall–Kier alpha value is -6.66. The summed E-state index contributed by atoms with van der Waals surface area (Å²) in [6.45, 7) is 0. The van der Waals surface area contributed by atoms with Gasteiger partial charge in [-0.15, -0.1) is 0 Å². The zero-order valence-corrected chi connectivity index (χ0v) is 26.1. The molecule has 6 nitrogen and oxygen atoms in total. The Balaban J connectivity index is 1.37. The monoisotopic (exact) mass is 626 g/mol. The molecule has 0 saturated carbocycles. The van der Waals surface area contributed by atoms with Crippen molar-refractivity contribution in [1.82, 2.24) is 0 Å². The summed E-state index contributed by atoms with van der Waals surface area (Å²) in [6.07, 6.45) is 0. The van der Waals surface area contributed by atoms with Gasteiger partial charge in [0, 0.05) is 22.7 Å². The van der Waals surface area contributed by atoms with Gasteiger partial charge in [0.15, 0.2) is 0 Å². The van der Waals surface area contributed by atoms with Crippen molar-refractivity contribution in [2.75, 3.05) is 22.9 Å². The Bertz CT molecular complexity index is 2160. The third-order valence-electron chi connectivity index (χ3n) is 8.17. The number of nitrogen functional groups attached to an aromatic ring is 4. The third-order valence-corrected chi connectivity index (χ3v) is 8.17. The first-order chi connectivity index (χ1) is 23.4. The van der Waals surface area contributed by atoms with Gasteiger partial charge in [-0.1, -0.05) is 60.7 Å². The van der Waals surface area contributed by atoms with Crippen LogP contribution < -0.4 is 32.4 Å². The second kappa shape index (κ2) is 13.0. The summed E-state index contributed by atoms with van der Waals surface area (Å²) in [6, 6.07) is 51.4. The van der Waals surface area contributed by atoms with Crippen LogP contribution in [0.4, 0.5) is 22.7 Å². The summed E-state index contributed by atoms with van der Waals surface area (Å²) < 4.78 is 12.2. The van der Waals surface area contributed by atoms with Gasteiger partial charge in [0.05, 0.1) is 0 Å². The van der Waals surface area contributed by atoms with Crippen molar-refractivity contribution >= 4 is 22.7 Å². The quantitative estimate of drug-likeness (QED) is 0.125. The van der Waals surface area contributed by atoms with Crippen molar-refractivity contribution in [1.29, 1.82) is 0 Å². The molecule has 0 aliphatic rings. The van der Waals surface area contributed by atoms with Crippen LogP contribution in [0, 0.1) is 0 Å². The van der Waals surface area contributed by atoms with Gasteiger partial charge in [0.2, 0.25) is 0 Å². The normalized spacial score (nSPS) is 10.8. The zero-order chi connectivity index (χ0) is 33.0. The molecular formula is C42H34N4O2. The number of rotatable bonds is 8. The Morgan fingerprint density at radius 2 is 0.479 bits per heavy atom. The number of anilines is 4. The van der Waals surface area contributed by atoms with Crippen LogP contribution in [0.15, 0.2) is 158 Å². The molecule has 0 saturated heterocycles. The fourth-order valence-electron chi connectivity index (χ4n) is 5.73. The predicted octanol–water partition coefficient (Wildman–Crippen LogP) is 10.3. The number of nitrogens with two attached hydrogens (primary N) is 4. The van der Waals surface area contributed by atoms with Gasteiger partial charge >= 0.3 is 0 Å². The smallest absolute Gasteiger partial charge is 0.127 e. The lowest BCUT2D eigenvalue weighted by atomic mass is 9.83. The first kappa shape index (κ1) is 30.0. The summed E-state index contributed by atoms with van der Waals surface area (Å²) in [5, 5.41) is 0. The fourth-order valence-corrected chi connectivity index (χ4v) is 5.73.